The van der Waals surface area contributed by atoms with E-state index in [1.54, 1.807) is 30.5 Å². The Labute approximate surface area is 127 Å². The minimum Gasteiger partial charge on any atom is -0.444 e. The van der Waals surface area contributed by atoms with Crippen molar-refractivity contribution in [1.29, 1.82) is 0 Å². The van der Waals surface area contributed by atoms with Gasteiger partial charge < -0.3 is 4.74 Å². The summed E-state index contributed by atoms with van der Waals surface area (Å²) in [6.07, 6.45) is 1.22. The number of ketones is 1. The lowest BCUT2D eigenvalue weighted by atomic mass is 10.1. The maximum absolute atomic E-state index is 12.2. The predicted molar refractivity (Wildman–Crippen MR) is 84.0 cm³/mol. The Balaban J connectivity index is 1.81. The fourth-order valence-corrected chi connectivity index (χ4v) is 2.31. The van der Waals surface area contributed by atoms with Gasteiger partial charge in [0, 0.05) is 17.1 Å². The molecule has 22 heavy (non-hydrogen) atoms. The Morgan fingerprint density at radius 1 is 1.05 bits per heavy atom. The Morgan fingerprint density at radius 3 is 2.55 bits per heavy atom. The molecule has 0 saturated heterocycles. The number of fused-ring (bicyclic) bond motifs is 1. The molecule has 0 saturated carbocycles. The van der Waals surface area contributed by atoms with E-state index in [0.29, 0.717) is 5.56 Å². The van der Waals surface area contributed by atoms with Crippen LogP contribution in [0.2, 0.25) is 0 Å². The van der Waals surface area contributed by atoms with E-state index in [1.807, 2.05) is 30.3 Å². The molecule has 0 spiro atoms. The van der Waals surface area contributed by atoms with Crippen molar-refractivity contribution in [3.63, 3.8) is 0 Å². The summed E-state index contributed by atoms with van der Waals surface area (Å²) in [7, 11) is 0. The topological polar surface area (TPSA) is 48.3 Å². The summed E-state index contributed by atoms with van der Waals surface area (Å²) in [5, 5.41) is 0.837. The highest BCUT2D eigenvalue weighted by Gasteiger charge is 2.11. The van der Waals surface area contributed by atoms with E-state index in [9.17, 15) is 9.59 Å². The van der Waals surface area contributed by atoms with Crippen molar-refractivity contribution in [1.82, 2.24) is 4.57 Å². The van der Waals surface area contributed by atoms with E-state index in [-0.39, 0.29) is 12.4 Å². The highest BCUT2D eigenvalue weighted by molar-refractivity contribution is 5.99. The lowest BCUT2D eigenvalue weighted by Gasteiger charge is -2.07. The van der Waals surface area contributed by atoms with Gasteiger partial charge in [0.1, 0.15) is 6.61 Å². The summed E-state index contributed by atoms with van der Waals surface area (Å²) in [5.74, 6) is 0.00121. The number of rotatable bonds is 3. The molecule has 0 atom stereocenters. The average molecular weight is 293 g/mol. The van der Waals surface area contributed by atoms with Gasteiger partial charge in [-0.05, 0) is 36.8 Å². The van der Waals surface area contributed by atoms with Gasteiger partial charge in [0.15, 0.2) is 5.78 Å². The van der Waals surface area contributed by atoms with Gasteiger partial charge in [-0.3, -0.25) is 9.36 Å². The molecule has 3 aromatic rings. The number of aromatic nitrogens is 1. The summed E-state index contributed by atoms with van der Waals surface area (Å²) in [6.45, 7) is 1.75. The summed E-state index contributed by atoms with van der Waals surface area (Å²) < 4.78 is 6.76. The van der Waals surface area contributed by atoms with Gasteiger partial charge in [-0.15, -0.1) is 0 Å². The molecule has 0 aliphatic heterocycles. The van der Waals surface area contributed by atoms with E-state index in [0.717, 1.165) is 16.5 Å². The third kappa shape index (κ3) is 2.76. The monoisotopic (exact) mass is 293 g/mol. The first-order chi connectivity index (χ1) is 10.6. The Bertz CT molecular complexity index is 834. The van der Waals surface area contributed by atoms with Gasteiger partial charge in [-0.25, -0.2) is 4.79 Å². The number of nitrogens with zero attached hydrogens (tertiary/aromatic N) is 1. The zero-order valence-electron chi connectivity index (χ0n) is 12.2. The van der Waals surface area contributed by atoms with Gasteiger partial charge >= 0.3 is 6.09 Å². The molecule has 0 aliphatic carbocycles. The highest BCUT2D eigenvalue weighted by Crippen LogP contribution is 2.18. The minimum atomic E-state index is -0.436. The minimum absolute atomic E-state index is 0.00121. The van der Waals surface area contributed by atoms with Crippen molar-refractivity contribution in [2.24, 2.45) is 0 Å². The third-order valence-corrected chi connectivity index (χ3v) is 3.50. The van der Waals surface area contributed by atoms with Crippen LogP contribution in [0.3, 0.4) is 0 Å². The van der Waals surface area contributed by atoms with Gasteiger partial charge in [0.05, 0.1) is 5.52 Å². The summed E-state index contributed by atoms with van der Waals surface area (Å²) in [6, 6.07) is 16.6. The van der Waals surface area contributed by atoms with Crippen LogP contribution in [0, 0.1) is 0 Å². The van der Waals surface area contributed by atoms with Crippen molar-refractivity contribution in [2.45, 2.75) is 13.5 Å². The molecule has 2 aromatic carbocycles. The molecule has 1 aromatic heterocycles. The first-order valence-electron chi connectivity index (χ1n) is 6.98. The van der Waals surface area contributed by atoms with Crippen LogP contribution in [0.5, 0.6) is 0 Å². The molecule has 0 N–H and O–H groups in total. The summed E-state index contributed by atoms with van der Waals surface area (Å²) in [5.41, 5.74) is 2.29. The Kier molecular flexibility index (Phi) is 3.74. The molecule has 110 valence electrons. The van der Waals surface area contributed by atoms with Crippen LogP contribution in [0.25, 0.3) is 10.9 Å². The third-order valence-electron chi connectivity index (χ3n) is 3.50. The van der Waals surface area contributed by atoms with Crippen molar-refractivity contribution >= 4 is 22.8 Å². The molecule has 3 rings (SSSR count). The lowest BCUT2D eigenvalue weighted by molar-refractivity contribution is 0.101. The van der Waals surface area contributed by atoms with E-state index in [2.05, 4.69) is 0 Å². The Hall–Kier alpha value is -2.88. The quantitative estimate of drug-likeness (QED) is 0.685. The molecule has 0 radical (unpaired) electrons. The zero-order valence-corrected chi connectivity index (χ0v) is 12.2. The molecule has 1 heterocycles. The molecule has 4 nitrogen and oxygen atoms in total. The van der Waals surface area contributed by atoms with Crippen LogP contribution in [0.4, 0.5) is 4.79 Å². The standard InChI is InChI=1S/C18H15NO3/c1-13(20)15-7-8-17-16(11-15)9-10-19(17)18(21)22-12-14-5-3-2-4-6-14/h2-11H,12H2,1H3. The van der Waals surface area contributed by atoms with Crippen LogP contribution in [-0.4, -0.2) is 16.4 Å². The van der Waals surface area contributed by atoms with Crippen LogP contribution < -0.4 is 0 Å². The van der Waals surface area contributed by atoms with Gasteiger partial charge in [0.25, 0.3) is 0 Å². The fraction of sp³-hybridized carbons (Fsp3) is 0.111. The fourth-order valence-electron chi connectivity index (χ4n) is 2.31. The second kappa shape index (κ2) is 5.85. The van der Waals surface area contributed by atoms with Crippen LogP contribution in [-0.2, 0) is 11.3 Å². The molecule has 0 amide bonds. The number of carbonyl (C=O) groups is 2. The second-order valence-corrected chi connectivity index (χ2v) is 5.06. The van der Waals surface area contributed by atoms with Crippen LogP contribution in [0.15, 0.2) is 60.8 Å². The first-order valence-corrected chi connectivity index (χ1v) is 6.98. The van der Waals surface area contributed by atoms with Crippen molar-refractivity contribution in [2.75, 3.05) is 0 Å². The number of Topliss-reactive ketones (excluding diaryl/α,β-unsaturated/α-hetero) is 1. The van der Waals surface area contributed by atoms with Crippen molar-refractivity contribution in [3.05, 3.63) is 71.9 Å². The number of carbonyl (C=O) groups excluding carboxylic acids is 2. The number of ether oxygens (including phenoxy) is 1. The number of hydrogen-bond donors (Lipinski definition) is 0. The predicted octanol–water partition coefficient (Wildman–Crippen LogP) is 4.03. The van der Waals surface area contributed by atoms with E-state index in [1.165, 1.54) is 11.5 Å². The van der Waals surface area contributed by atoms with Crippen molar-refractivity contribution in [3.8, 4) is 0 Å². The molecule has 4 heteroatoms. The van der Waals surface area contributed by atoms with E-state index >= 15 is 0 Å². The molecule has 0 bridgehead atoms. The van der Waals surface area contributed by atoms with Gasteiger partial charge in [0.2, 0.25) is 0 Å². The molecular formula is C18H15NO3. The average Bonchev–Trinajstić information content (AvgIpc) is 2.96. The maximum atomic E-state index is 12.2. The SMILES string of the molecule is CC(=O)c1ccc2c(ccn2C(=O)OCc2ccccc2)c1. The lowest BCUT2D eigenvalue weighted by Crippen LogP contribution is -2.12. The van der Waals surface area contributed by atoms with E-state index in [4.69, 9.17) is 4.74 Å². The molecular weight excluding hydrogens is 278 g/mol. The van der Waals surface area contributed by atoms with Gasteiger partial charge in [-0.2, -0.15) is 0 Å². The summed E-state index contributed by atoms with van der Waals surface area (Å²) in [4.78, 5) is 23.6. The van der Waals surface area contributed by atoms with E-state index < -0.39 is 6.09 Å². The molecule has 0 aliphatic rings. The molecule has 0 unspecified atom stereocenters. The van der Waals surface area contributed by atoms with Gasteiger partial charge in [-0.1, -0.05) is 30.3 Å². The maximum Gasteiger partial charge on any atom is 0.418 e. The molecule has 0 fully saturated rings. The van der Waals surface area contributed by atoms with Crippen LogP contribution >= 0.6 is 0 Å². The largest absolute Gasteiger partial charge is 0.444 e. The van der Waals surface area contributed by atoms with Crippen molar-refractivity contribution < 1.29 is 14.3 Å². The number of hydrogen-bond acceptors (Lipinski definition) is 3. The normalized spacial score (nSPS) is 10.6. The first kappa shape index (κ1) is 14.1. The zero-order chi connectivity index (χ0) is 15.5. The highest BCUT2D eigenvalue weighted by atomic mass is 16.5. The Morgan fingerprint density at radius 2 is 1.82 bits per heavy atom. The number of benzene rings is 2. The van der Waals surface area contributed by atoms with Crippen LogP contribution in [0.1, 0.15) is 22.8 Å². The second-order valence-electron chi connectivity index (χ2n) is 5.06. The summed E-state index contributed by atoms with van der Waals surface area (Å²) >= 11 is 0. The smallest absolute Gasteiger partial charge is 0.418 e.